The normalized spacial score (nSPS) is 17.6. The third kappa shape index (κ3) is 17.6. The van der Waals surface area contributed by atoms with Crippen LogP contribution in [-0.4, -0.2) is 142 Å². The van der Waals surface area contributed by atoms with E-state index in [-0.39, 0.29) is 90.5 Å². The standard InChI is InChI=1S/C69H88N10O15/c1-15-79(67(91)58(69(11,12)13)78-64(89)56-37(6)71-38(7)93-56)49(30-36(4)5)63(88)74-47(53(81)52(80)39-21-17-16-18-22-39)33-42-32-45(72-61(42)86)43-26-25-40(34-51(43)92-14)60(85)77-57(68(8,9)10)65(90)75-48(29-35(2)3)62(87)73-46(31-41-27-28-70-59(41)84)54(82)55(83)66-76-44-23-19-20-24-50(44)94-66/h16-26,34-36,41-42,45-49,57-58H,15,27-33H2,1-14H3,(H,70,84)(H,72,86)(H,73,87)(H,74,88)(H,75,90)(H,77,85)(H,78,89)/t41?,42?,45?,46?,47?,48-,49-,57+,58+/m0/s1. The number of ketones is 4. The topological polar surface area (TPSA) is 354 Å². The van der Waals surface area contributed by atoms with Gasteiger partial charge in [-0.05, 0) is 99.3 Å². The number of hydrogen-bond donors (Lipinski definition) is 7. The highest BCUT2D eigenvalue weighted by Crippen LogP contribution is 2.37. The summed E-state index contributed by atoms with van der Waals surface area (Å²) in [4.78, 5) is 179. The molecule has 9 atom stereocenters. The molecule has 25 nitrogen and oxygen atoms in total. The van der Waals surface area contributed by atoms with Crippen molar-refractivity contribution in [2.24, 2.45) is 34.5 Å². The highest BCUT2D eigenvalue weighted by molar-refractivity contribution is 6.46. The highest BCUT2D eigenvalue weighted by atomic mass is 16.5. The highest BCUT2D eigenvalue weighted by Gasteiger charge is 2.45. The van der Waals surface area contributed by atoms with Gasteiger partial charge in [0.25, 0.3) is 23.5 Å². The van der Waals surface area contributed by atoms with E-state index in [0.717, 1.165) is 0 Å². The minimum absolute atomic E-state index is 0.00240. The number of likely N-dealkylation sites (N-methyl/N-ethyl adjacent to an activating group) is 1. The Labute approximate surface area is 546 Å². The molecule has 2 aliphatic heterocycles. The van der Waals surface area contributed by atoms with Gasteiger partial charge in [0.1, 0.15) is 35.4 Å². The van der Waals surface area contributed by atoms with Gasteiger partial charge in [0.05, 0.1) is 30.9 Å². The van der Waals surface area contributed by atoms with Crippen LogP contribution in [0.2, 0.25) is 0 Å². The Morgan fingerprint density at radius 2 is 1.24 bits per heavy atom. The molecular weight excluding hydrogens is 1210 g/mol. The SMILES string of the molecule is CCN(C(=O)[C@@H](NC(=O)c1oc(C)nc1C)C(C)(C)C)[C@@H](CC(C)C)C(=O)NC(CC1CC(c2ccc(C(=O)N[C@H](C(=O)N[C@@H](CC(C)C)C(=O)NC(CC3CCNC3=O)C(=O)C(=O)c3nc4ccccc4o3)C(C)(C)C)cc2OC)NC1=O)C(=O)C(=O)c1ccccc1. The summed E-state index contributed by atoms with van der Waals surface area (Å²) in [5.41, 5.74) is -0.435. The van der Waals surface area contributed by atoms with E-state index in [4.69, 9.17) is 13.6 Å². The lowest BCUT2D eigenvalue weighted by Crippen LogP contribution is -2.60. The molecule has 8 amide bonds. The Morgan fingerprint density at radius 1 is 0.649 bits per heavy atom. The number of aryl methyl sites for hydroxylation is 2. The summed E-state index contributed by atoms with van der Waals surface area (Å²) in [7, 11) is 1.36. The Balaban J connectivity index is 1.08. The number of oxazole rings is 2. The fourth-order valence-electron chi connectivity index (χ4n) is 11.8. The van der Waals surface area contributed by atoms with Gasteiger partial charge in [0.15, 0.2) is 11.5 Å². The van der Waals surface area contributed by atoms with Crippen LogP contribution in [-0.2, 0) is 38.4 Å². The lowest BCUT2D eigenvalue weighted by molar-refractivity contribution is -0.145. The van der Waals surface area contributed by atoms with Crippen LogP contribution in [0.15, 0.2) is 81.6 Å². The Bertz CT molecular complexity index is 3660. The smallest absolute Gasteiger partial charge is 0.289 e. The molecule has 3 aromatic carbocycles. The van der Waals surface area contributed by atoms with Crippen LogP contribution in [0.25, 0.3) is 11.1 Å². The van der Waals surface area contributed by atoms with Crippen LogP contribution in [0.5, 0.6) is 5.75 Å². The third-order valence-electron chi connectivity index (χ3n) is 16.8. The number of ether oxygens (including phenoxy) is 1. The third-order valence-corrected chi connectivity index (χ3v) is 16.8. The van der Waals surface area contributed by atoms with Crippen LogP contribution < -0.4 is 42.0 Å². The molecule has 0 saturated carbocycles. The predicted molar refractivity (Wildman–Crippen MR) is 345 cm³/mol. The number of benzene rings is 3. The van der Waals surface area contributed by atoms with Gasteiger partial charge in [0, 0.05) is 48.5 Å². The maximum absolute atomic E-state index is 14.9. The number of nitrogens with one attached hydrogen (secondary N) is 7. The van der Waals surface area contributed by atoms with Crippen molar-refractivity contribution in [1.29, 1.82) is 0 Å². The molecular formula is C69H88N10O15. The summed E-state index contributed by atoms with van der Waals surface area (Å²) < 4.78 is 16.9. The molecule has 7 rings (SSSR count). The number of Topliss-reactive ketones (excluding diaryl/α,β-unsaturated/α-hetero) is 4. The fraction of sp³-hybridized carbons (Fsp3) is 0.507. The molecule has 2 fully saturated rings. The van der Waals surface area contributed by atoms with Crippen molar-refractivity contribution in [3.05, 3.63) is 113 Å². The van der Waals surface area contributed by atoms with E-state index in [1.165, 1.54) is 36.3 Å². The van der Waals surface area contributed by atoms with E-state index < -0.39 is 135 Å². The quantitative estimate of drug-likeness (QED) is 0.0207. The maximum Gasteiger partial charge on any atom is 0.289 e. The average molecular weight is 1300 g/mol. The van der Waals surface area contributed by atoms with E-state index in [9.17, 15) is 57.5 Å². The van der Waals surface area contributed by atoms with Crippen molar-refractivity contribution in [2.45, 2.75) is 171 Å². The molecule has 0 spiro atoms. The van der Waals surface area contributed by atoms with Crippen molar-refractivity contribution in [3.63, 3.8) is 0 Å². The lowest BCUT2D eigenvalue weighted by atomic mass is 9.85. The maximum atomic E-state index is 14.9. The van der Waals surface area contributed by atoms with Gasteiger partial charge in [-0.1, -0.05) is 118 Å². The van der Waals surface area contributed by atoms with Gasteiger partial charge in [0.2, 0.25) is 58.6 Å². The summed E-state index contributed by atoms with van der Waals surface area (Å²) in [5.74, 6) is -11.5. The molecule has 5 aromatic rings. The Morgan fingerprint density at radius 3 is 1.82 bits per heavy atom. The number of carbonyl (C=O) groups is 12. The molecule has 5 unspecified atom stereocenters. The number of carbonyl (C=O) groups excluding carboxylic acids is 12. The molecule has 94 heavy (non-hydrogen) atoms. The van der Waals surface area contributed by atoms with Crippen molar-refractivity contribution in [3.8, 4) is 5.75 Å². The number of amides is 8. The number of aromatic nitrogens is 2. The second-order valence-corrected chi connectivity index (χ2v) is 27.2. The molecule has 0 bridgehead atoms. The molecule has 504 valence electrons. The zero-order valence-corrected chi connectivity index (χ0v) is 55.9. The van der Waals surface area contributed by atoms with E-state index in [0.29, 0.717) is 29.7 Å². The molecule has 0 aliphatic carbocycles. The van der Waals surface area contributed by atoms with Crippen molar-refractivity contribution >= 4 is 81.5 Å². The van der Waals surface area contributed by atoms with Crippen LogP contribution in [0.3, 0.4) is 0 Å². The van der Waals surface area contributed by atoms with Crippen molar-refractivity contribution < 1.29 is 71.1 Å². The number of rotatable bonds is 29. The van der Waals surface area contributed by atoms with Gasteiger partial charge in [-0.25, -0.2) is 9.97 Å². The fourth-order valence-corrected chi connectivity index (χ4v) is 11.8. The molecule has 4 heterocycles. The minimum atomic E-state index is -1.57. The van der Waals surface area contributed by atoms with Gasteiger partial charge in [-0.3, -0.25) is 57.5 Å². The molecule has 2 aromatic heterocycles. The van der Waals surface area contributed by atoms with Gasteiger partial charge in [-0.2, -0.15) is 0 Å². The monoisotopic (exact) mass is 1300 g/mol. The van der Waals surface area contributed by atoms with Gasteiger partial charge < -0.3 is 55.7 Å². The molecule has 0 radical (unpaired) electrons. The summed E-state index contributed by atoms with van der Waals surface area (Å²) in [6.45, 7) is 22.9. The number of nitrogens with zero attached hydrogens (tertiary/aromatic N) is 3. The molecule has 2 aliphatic rings. The van der Waals surface area contributed by atoms with Gasteiger partial charge >= 0.3 is 0 Å². The first-order chi connectivity index (χ1) is 44.2. The second kappa shape index (κ2) is 30.6. The molecule has 25 heteroatoms. The first-order valence-electron chi connectivity index (χ1n) is 31.8. The Kier molecular flexibility index (Phi) is 23.4. The summed E-state index contributed by atoms with van der Waals surface area (Å²) in [6.07, 6.45) is -0.0163. The number of fused-ring (bicyclic) bond motifs is 1. The second-order valence-electron chi connectivity index (χ2n) is 27.2. The first kappa shape index (κ1) is 72.0. The molecule has 2 saturated heterocycles. The Hall–Kier alpha value is -9.42. The van der Waals surface area contributed by atoms with Crippen LogP contribution >= 0.6 is 0 Å². The zero-order chi connectivity index (χ0) is 69.3. The summed E-state index contributed by atoms with van der Waals surface area (Å²) >= 11 is 0. The predicted octanol–water partition coefficient (Wildman–Crippen LogP) is 6.19. The summed E-state index contributed by atoms with van der Waals surface area (Å²) in [5, 5.41) is 19.5. The van der Waals surface area contributed by atoms with E-state index in [2.05, 4.69) is 47.2 Å². The van der Waals surface area contributed by atoms with Gasteiger partial charge in [-0.15, -0.1) is 0 Å². The minimum Gasteiger partial charge on any atom is -0.496 e. The van der Waals surface area contributed by atoms with E-state index in [1.807, 2.05) is 27.7 Å². The van der Waals surface area contributed by atoms with E-state index >= 15 is 0 Å². The van der Waals surface area contributed by atoms with Crippen molar-refractivity contribution in [1.82, 2.24) is 52.1 Å². The average Bonchev–Trinajstić information content (AvgIpc) is 1.35. The number of hydrogen-bond acceptors (Lipinski definition) is 17. The zero-order valence-electron chi connectivity index (χ0n) is 55.9. The van der Waals surface area contributed by atoms with Crippen molar-refractivity contribution in [2.75, 3.05) is 20.2 Å². The first-order valence-corrected chi connectivity index (χ1v) is 31.8. The van der Waals surface area contributed by atoms with Crippen LogP contribution in [0.1, 0.15) is 180 Å². The summed E-state index contributed by atoms with van der Waals surface area (Å²) in [6, 6.07) is 9.90. The number of para-hydroxylation sites is 2. The van der Waals surface area contributed by atoms with Crippen LogP contribution in [0.4, 0.5) is 0 Å². The number of methoxy groups -OCH3 is 1. The van der Waals surface area contributed by atoms with E-state index in [1.54, 1.807) is 111 Å². The largest absolute Gasteiger partial charge is 0.496 e. The lowest BCUT2D eigenvalue weighted by Gasteiger charge is -2.38. The molecule has 7 N–H and O–H groups in total. The van der Waals surface area contributed by atoms with Crippen LogP contribution in [0, 0.1) is 48.3 Å².